The Bertz CT molecular complexity index is 777. The van der Waals surface area contributed by atoms with E-state index in [2.05, 4.69) is 44.0 Å². The van der Waals surface area contributed by atoms with Crippen LogP contribution < -0.4 is 5.32 Å². The number of aromatic nitrogens is 3. The van der Waals surface area contributed by atoms with Gasteiger partial charge in [0.2, 0.25) is 5.91 Å². The van der Waals surface area contributed by atoms with E-state index < -0.39 is 0 Å². The first-order valence-electron chi connectivity index (χ1n) is 9.66. The third-order valence-corrected chi connectivity index (χ3v) is 5.29. The van der Waals surface area contributed by atoms with Crippen molar-refractivity contribution in [1.29, 1.82) is 0 Å². The normalized spacial score (nSPS) is 19.0. The van der Waals surface area contributed by atoms with Crippen molar-refractivity contribution in [2.45, 2.75) is 58.7 Å². The fourth-order valence-corrected chi connectivity index (χ4v) is 3.53. The van der Waals surface area contributed by atoms with Gasteiger partial charge in [0.25, 0.3) is 0 Å². The molecule has 1 fully saturated rings. The molecule has 0 bridgehead atoms. The zero-order valence-corrected chi connectivity index (χ0v) is 15.6. The van der Waals surface area contributed by atoms with Gasteiger partial charge in [-0.3, -0.25) is 9.69 Å². The number of amides is 1. The van der Waals surface area contributed by atoms with Crippen molar-refractivity contribution in [3.63, 3.8) is 0 Å². The summed E-state index contributed by atoms with van der Waals surface area (Å²) in [5.41, 5.74) is 0. The Morgan fingerprint density at radius 3 is 2.81 bits per heavy atom. The number of carbonyl (C=O) groups is 1. The van der Waals surface area contributed by atoms with Crippen LogP contribution in [0.3, 0.4) is 0 Å². The molecule has 1 saturated carbocycles. The van der Waals surface area contributed by atoms with E-state index in [0.717, 1.165) is 75.0 Å². The predicted octanol–water partition coefficient (Wildman–Crippen LogP) is 2.08. The highest BCUT2D eigenvalue weighted by atomic mass is 16.3. The molecule has 1 amide bonds. The summed E-state index contributed by atoms with van der Waals surface area (Å²) in [4.78, 5) is 14.4. The maximum atomic E-state index is 12.0. The lowest BCUT2D eigenvalue weighted by atomic mass is 10.2. The number of fused-ring (bicyclic) bond motifs is 1. The molecule has 1 aliphatic carbocycles. The van der Waals surface area contributed by atoms with E-state index >= 15 is 0 Å². The molecule has 3 heterocycles. The summed E-state index contributed by atoms with van der Waals surface area (Å²) in [6.07, 6.45) is 3.81. The molecule has 2 aromatic rings. The average Bonchev–Trinajstić information content (AvgIpc) is 3.31. The van der Waals surface area contributed by atoms with Crippen LogP contribution in [0.1, 0.15) is 55.9 Å². The summed E-state index contributed by atoms with van der Waals surface area (Å²) in [6, 6.07) is 4.03. The lowest BCUT2D eigenvalue weighted by Crippen LogP contribution is -2.31. The van der Waals surface area contributed by atoms with Gasteiger partial charge in [-0.25, -0.2) is 0 Å². The molecule has 2 aliphatic rings. The Labute approximate surface area is 153 Å². The van der Waals surface area contributed by atoms with Crippen molar-refractivity contribution in [2.24, 2.45) is 5.92 Å². The fraction of sp³-hybridized carbons (Fsp3) is 0.632. The number of aryl methyl sites for hydroxylation is 1. The van der Waals surface area contributed by atoms with Crippen LogP contribution in [0.15, 0.2) is 16.5 Å². The summed E-state index contributed by atoms with van der Waals surface area (Å²) in [6.45, 7) is 7.61. The zero-order chi connectivity index (χ0) is 18.1. The number of carbonyl (C=O) groups excluding carboxylic acids is 1. The minimum atomic E-state index is -0.104. The Hall–Kier alpha value is -2.15. The Balaban J connectivity index is 1.39. The van der Waals surface area contributed by atoms with E-state index in [4.69, 9.17) is 4.42 Å². The molecule has 7 nitrogen and oxygen atoms in total. The van der Waals surface area contributed by atoms with E-state index in [9.17, 15) is 4.79 Å². The van der Waals surface area contributed by atoms with Crippen LogP contribution in [0.4, 0.5) is 0 Å². The number of furan rings is 1. The molecule has 26 heavy (non-hydrogen) atoms. The molecule has 4 rings (SSSR count). The van der Waals surface area contributed by atoms with E-state index in [1.54, 1.807) is 0 Å². The van der Waals surface area contributed by atoms with E-state index in [0.29, 0.717) is 0 Å². The first-order valence-corrected chi connectivity index (χ1v) is 9.66. The first kappa shape index (κ1) is 17.3. The van der Waals surface area contributed by atoms with Gasteiger partial charge in [-0.1, -0.05) is 6.92 Å². The van der Waals surface area contributed by atoms with Crippen LogP contribution in [0.2, 0.25) is 0 Å². The van der Waals surface area contributed by atoms with Gasteiger partial charge >= 0.3 is 0 Å². The minimum Gasteiger partial charge on any atom is -0.465 e. The number of hydrogen-bond donors (Lipinski definition) is 1. The van der Waals surface area contributed by atoms with Crippen LogP contribution in [0.5, 0.6) is 0 Å². The molecular weight excluding hydrogens is 330 g/mol. The molecule has 0 radical (unpaired) electrons. The highest BCUT2D eigenvalue weighted by Crippen LogP contribution is 2.29. The van der Waals surface area contributed by atoms with Crippen LogP contribution >= 0.6 is 0 Å². The molecular formula is C19H27N5O2. The van der Waals surface area contributed by atoms with Crippen molar-refractivity contribution in [1.82, 2.24) is 25.0 Å². The number of rotatable bonds is 6. The highest BCUT2D eigenvalue weighted by molar-refractivity contribution is 5.81. The zero-order valence-electron chi connectivity index (χ0n) is 15.6. The monoisotopic (exact) mass is 357 g/mol. The molecule has 0 aromatic carbocycles. The molecule has 1 N–H and O–H groups in total. The van der Waals surface area contributed by atoms with E-state index in [1.165, 1.54) is 0 Å². The molecule has 0 saturated heterocycles. The largest absolute Gasteiger partial charge is 0.465 e. The van der Waals surface area contributed by atoms with E-state index in [-0.39, 0.29) is 17.9 Å². The van der Waals surface area contributed by atoms with Crippen molar-refractivity contribution < 1.29 is 9.21 Å². The lowest BCUT2D eigenvalue weighted by molar-refractivity contribution is -0.123. The standard InChI is InChI=1S/C19H27N5O2/c1-3-15-6-7-16(26-15)12-23-9-8-17-21-22-18(24(17)11-10-23)13(2)20-19(25)14-4-5-14/h6-7,13-14H,3-5,8-12H2,1-2H3,(H,20,25). The molecule has 140 valence electrons. The quantitative estimate of drug-likeness (QED) is 0.857. The van der Waals surface area contributed by atoms with Crippen LogP contribution in [0, 0.1) is 5.92 Å². The maximum absolute atomic E-state index is 12.0. The number of nitrogens with zero attached hydrogens (tertiary/aromatic N) is 4. The van der Waals surface area contributed by atoms with Gasteiger partial charge in [0, 0.05) is 38.4 Å². The third-order valence-electron chi connectivity index (χ3n) is 5.29. The van der Waals surface area contributed by atoms with Gasteiger partial charge in [0.15, 0.2) is 5.82 Å². The molecule has 1 unspecified atom stereocenters. The van der Waals surface area contributed by atoms with Gasteiger partial charge in [-0.05, 0) is 31.9 Å². The topological polar surface area (TPSA) is 76.2 Å². The molecule has 0 spiro atoms. The maximum Gasteiger partial charge on any atom is 0.223 e. The lowest BCUT2D eigenvalue weighted by Gasteiger charge is -2.19. The van der Waals surface area contributed by atoms with Crippen LogP contribution in [-0.4, -0.2) is 38.7 Å². The number of nitrogens with one attached hydrogen (secondary N) is 1. The predicted molar refractivity (Wildman–Crippen MR) is 96.4 cm³/mol. The second-order valence-corrected chi connectivity index (χ2v) is 7.38. The van der Waals surface area contributed by atoms with Gasteiger partial charge in [0.1, 0.15) is 17.3 Å². The van der Waals surface area contributed by atoms with Crippen molar-refractivity contribution in [2.75, 3.05) is 13.1 Å². The van der Waals surface area contributed by atoms with Crippen molar-refractivity contribution in [3.8, 4) is 0 Å². The second-order valence-electron chi connectivity index (χ2n) is 7.38. The van der Waals surface area contributed by atoms with Crippen molar-refractivity contribution in [3.05, 3.63) is 35.3 Å². The average molecular weight is 357 g/mol. The van der Waals surface area contributed by atoms with Crippen LogP contribution in [0.25, 0.3) is 0 Å². The van der Waals surface area contributed by atoms with Gasteiger partial charge in [-0.15, -0.1) is 10.2 Å². The van der Waals surface area contributed by atoms with E-state index in [1.807, 2.05) is 6.92 Å². The fourth-order valence-electron chi connectivity index (χ4n) is 3.53. The summed E-state index contributed by atoms with van der Waals surface area (Å²) in [5, 5.41) is 11.8. The van der Waals surface area contributed by atoms with Gasteiger partial charge in [-0.2, -0.15) is 0 Å². The minimum absolute atomic E-state index is 0.104. The van der Waals surface area contributed by atoms with Gasteiger partial charge < -0.3 is 14.3 Å². The Kier molecular flexibility index (Phi) is 4.80. The Morgan fingerprint density at radius 2 is 2.08 bits per heavy atom. The number of hydrogen-bond acceptors (Lipinski definition) is 5. The summed E-state index contributed by atoms with van der Waals surface area (Å²) in [7, 11) is 0. The molecule has 1 atom stereocenters. The SMILES string of the molecule is CCc1ccc(CN2CCc3nnc(C(C)NC(=O)C4CC4)n3CC2)o1. The van der Waals surface area contributed by atoms with Crippen molar-refractivity contribution >= 4 is 5.91 Å². The highest BCUT2D eigenvalue weighted by Gasteiger charge is 2.31. The summed E-state index contributed by atoms with van der Waals surface area (Å²) in [5.74, 6) is 4.28. The third kappa shape index (κ3) is 3.67. The molecule has 1 aliphatic heterocycles. The van der Waals surface area contributed by atoms with Gasteiger partial charge in [0.05, 0.1) is 12.6 Å². The smallest absolute Gasteiger partial charge is 0.223 e. The second kappa shape index (κ2) is 7.23. The first-order chi connectivity index (χ1) is 12.6. The summed E-state index contributed by atoms with van der Waals surface area (Å²) >= 11 is 0. The summed E-state index contributed by atoms with van der Waals surface area (Å²) < 4.78 is 8.02. The molecule has 2 aromatic heterocycles. The van der Waals surface area contributed by atoms with Crippen LogP contribution in [-0.2, 0) is 30.7 Å². The molecule has 7 heteroatoms. The Morgan fingerprint density at radius 1 is 1.27 bits per heavy atom.